The summed E-state index contributed by atoms with van der Waals surface area (Å²) in [6.07, 6.45) is 2.99. The molecule has 2 amide bonds. The lowest BCUT2D eigenvalue weighted by Gasteiger charge is -2.33. The van der Waals surface area contributed by atoms with Crippen LogP contribution in [-0.4, -0.2) is 50.5 Å². The van der Waals surface area contributed by atoms with E-state index in [1.807, 2.05) is 37.3 Å². The van der Waals surface area contributed by atoms with Crippen molar-refractivity contribution in [3.8, 4) is 0 Å². The van der Waals surface area contributed by atoms with Crippen LogP contribution in [0.4, 0.5) is 5.69 Å². The molecule has 0 fully saturated rings. The maximum atomic E-state index is 14.0. The predicted octanol–water partition coefficient (Wildman–Crippen LogP) is 5.32. The fourth-order valence-electron chi connectivity index (χ4n) is 4.09. The van der Waals surface area contributed by atoms with Gasteiger partial charge in [0.1, 0.15) is 12.6 Å². The molecular formula is C29H33Cl2N3O4S. The maximum Gasteiger partial charge on any atom is 0.244 e. The van der Waals surface area contributed by atoms with Crippen molar-refractivity contribution in [3.63, 3.8) is 0 Å². The minimum absolute atomic E-state index is 0.0852. The van der Waals surface area contributed by atoms with E-state index in [4.69, 9.17) is 23.2 Å². The van der Waals surface area contributed by atoms with Crippen molar-refractivity contribution >= 4 is 50.7 Å². The van der Waals surface area contributed by atoms with Gasteiger partial charge in [0.05, 0.1) is 11.9 Å². The average Bonchev–Trinajstić information content (AvgIpc) is 2.90. The average molecular weight is 591 g/mol. The third kappa shape index (κ3) is 9.27. The maximum absolute atomic E-state index is 14.0. The fourth-order valence-corrected chi connectivity index (χ4v) is 5.24. The molecule has 1 N–H and O–H groups in total. The molecule has 0 spiro atoms. The van der Waals surface area contributed by atoms with E-state index in [0.29, 0.717) is 16.6 Å². The normalized spacial score (nSPS) is 12.0. The number of halogens is 2. The zero-order valence-electron chi connectivity index (χ0n) is 22.0. The second-order valence-corrected chi connectivity index (χ2v) is 12.0. The number of sulfonamides is 1. The van der Waals surface area contributed by atoms with E-state index in [2.05, 4.69) is 5.32 Å². The summed E-state index contributed by atoms with van der Waals surface area (Å²) in [6, 6.07) is 21.8. The molecule has 7 nitrogen and oxygen atoms in total. The number of nitrogens with zero attached hydrogens (tertiary/aromatic N) is 2. The number of unbranched alkanes of at least 4 members (excludes halogenated alkanes) is 1. The molecule has 0 bridgehead atoms. The van der Waals surface area contributed by atoms with Gasteiger partial charge in [-0.15, -0.1) is 0 Å². The van der Waals surface area contributed by atoms with Gasteiger partial charge in [-0.1, -0.05) is 85.1 Å². The van der Waals surface area contributed by atoms with Crippen LogP contribution < -0.4 is 9.62 Å². The van der Waals surface area contributed by atoms with Gasteiger partial charge in [-0.05, 0) is 47.9 Å². The van der Waals surface area contributed by atoms with Crippen LogP contribution in [0.1, 0.15) is 30.9 Å². The van der Waals surface area contributed by atoms with E-state index in [0.717, 1.165) is 34.5 Å². The number of amides is 2. The van der Waals surface area contributed by atoms with Crippen LogP contribution >= 0.6 is 23.2 Å². The zero-order chi connectivity index (χ0) is 28.4. The van der Waals surface area contributed by atoms with E-state index in [1.165, 1.54) is 11.0 Å². The molecule has 208 valence electrons. The van der Waals surface area contributed by atoms with E-state index in [9.17, 15) is 18.0 Å². The van der Waals surface area contributed by atoms with Gasteiger partial charge in [0.25, 0.3) is 0 Å². The van der Waals surface area contributed by atoms with Crippen LogP contribution in [0.25, 0.3) is 0 Å². The Kier molecular flexibility index (Phi) is 11.2. The summed E-state index contributed by atoms with van der Waals surface area (Å²) in [4.78, 5) is 29.0. The van der Waals surface area contributed by atoms with Gasteiger partial charge in [-0.3, -0.25) is 13.9 Å². The number of hydrogen-bond acceptors (Lipinski definition) is 4. The quantitative estimate of drug-likeness (QED) is 0.273. The van der Waals surface area contributed by atoms with Crippen LogP contribution in [0.5, 0.6) is 0 Å². The molecule has 0 saturated heterocycles. The molecule has 3 rings (SSSR count). The van der Waals surface area contributed by atoms with Gasteiger partial charge < -0.3 is 10.2 Å². The smallest absolute Gasteiger partial charge is 0.244 e. The highest BCUT2D eigenvalue weighted by Gasteiger charge is 2.33. The summed E-state index contributed by atoms with van der Waals surface area (Å²) in [5, 5.41) is 3.83. The van der Waals surface area contributed by atoms with Crippen LogP contribution in [0, 0.1) is 0 Å². The van der Waals surface area contributed by atoms with Crippen molar-refractivity contribution in [1.82, 2.24) is 10.2 Å². The van der Waals surface area contributed by atoms with Gasteiger partial charge in [-0.25, -0.2) is 8.42 Å². The number of nitrogens with one attached hydrogen (secondary N) is 1. The van der Waals surface area contributed by atoms with E-state index >= 15 is 0 Å². The highest BCUT2D eigenvalue weighted by molar-refractivity contribution is 7.92. The molecule has 0 aliphatic heterocycles. The Labute approximate surface area is 240 Å². The van der Waals surface area contributed by atoms with Gasteiger partial charge >= 0.3 is 0 Å². The van der Waals surface area contributed by atoms with Crippen LogP contribution in [0.15, 0.2) is 78.9 Å². The van der Waals surface area contributed by atoms with Crippen molar-refractivity contribution in [3.05, 3.63) is 100 Å². The molecule has 0 aromatic heterocycles. The first-order valence-electron chi connectivity index (χ1n) is 12.7. The lowest BCUT2D eigenvalue weighted by atomic mass is 10.0. The second kappa shape index (κ2) is 14.4. The minimum Gasteiger partial charge on any atom is -0.354 e. The van der Waals surface area contributed by atoms with Crippen molar-refractivity contribution in [2.45, 2.75) is 38.8 Å². The van der Waals surface area contributed by atoms with Crippen molar-refractivity contribution < 1.29 is 18.0 Å². The molecule has 0 heterocycles. The molecule has 1 unspecified atom stereocenters. The number of carbonyl (C=O) groups excluding carboxylic acids is 2. The molecule has 3 aromatic rings. The van der Waals surface area contributed by atoms with Crippen LogP contribution in [0.2, 0.25) is 10.0 Å². The van der Waals surface area contributed by atoms with E-state index in [-0.39, 0.29) is 24.6 Å². The summed E-state index contributed by atoms with van der Waals surface area (Å²) < 4.78 is 26.6. The lowest BCUT2D eigenvalue weighted by Crippen LogP contribution is -2.53. The van der Waals surface area contributed by atoms with Crippen molar-refractivity contribution in [2.24, 2.45) is 0 Å². The van der Waals surface area contributed by atoms with E-state index in [1.54, 1.807) is 42.5 Å². The molecule has 0 aliphatic rings. The second-order valence-electron chi connectivity index (χ2n) is 9.25. The molecule has 3 aromatic carbocycles. The highest BCUT2D eigenvalue weighted by Crippen LogP contribution is 2.23. The number of hydrogen-bond donors (Lipinski definition) is 1. The molecule has 10 heteroatoms. The lowest BCUT2D eigenvalue weighted by molar-refractivity contribution is -0.140. The number of benzene rings is 3. The highest BCUT2D eigenvalue weighted by atomic mass is 35.5. The molecule has 0 saturated carbocycles. The minimum atomic E-state index is -3.85. The summed E-state index contributed by atoms with van der Waals surface area (Å²) in [6.45, 7) is 2.09. The number of anilines is 1. The van der Waals surface area contributed by atoms with Crippen LogP contribution in [0.3, 0.4) is 0 Å². The van der Waals surface area contributed by atoms with Gasteiger partial charge in [0.15, 0.2) is 0 Å². The van der Waals surface area contributed by atoms with Crippen LogP contribution in [-0.2, 0) is 32.6 Å². The SMILES string of the molecule is CCCCNC(=O)C(Cc1ccccc1)N(Cc1ccc(Cl)cc1)C(=O)CN(c1cccc(Cl)c1)S(C)(=O)=O. The Morgan fingerprint density at radius 1 is 0.897 bits per heavy atom. The molecule has 0 aliphatic carbocycles. The molecular weight excluding hydrogens is 557 g/mol. The Hall–Kier alpha value is -3.07. The van der Waals surface area contributed by atoms with Gasteiger partial charge in [-0.2, -0.15) is 0 Å². The molecule has 1 atom stereocenters. The zero-order valence-corrected chi connectivity index (χ0v) is 24.3. The summed E-state index contributed by atoms with van der Waals surface area (Å²) in [7, 11) is -3.85. The largest absolute Gasteiger partial charge is 0.354 e. The Bertz CT molecular complexity index is 1350. The van der Waals surface area contributed by atoms with Gasteiger partial charge in [0.2, 0.25) is 21.8 Å². The van der Waals surface area contributed by atoms with Gasteiger partial charge in [0, 0.05) is 29.6 Å². The first-order valence-corrected chi connectivity index (χ1v) is 15.3. The third-order valence-electron chi connectivity index (χ3n) is 6.14. The number of rotatable bonds is 13. The van der Waals surface area contributed by atoms with E-state index < -0.39 is 28.5 Å². The Balaban J connectivity index is 2.02. The monoisotopic (exact) mass is 589 g/mol. The number of carbonyl (C=O) groups is 2. The molecule has 39 heavy (non-hydrogen) atoms. The predicted molar refractivity (Wildman–Crippen MR) is 157 cm³/mol. The van der Waals surface area contributed by atoms with Crippen molar-refractivity contribution in [1.29, 1.82) is 0 Å². The Morgan fingerprint density at radius 2 is 1.59 bits per heavy atom. The standard InChI is InChI=1S/C29H33Cl2N3O4S/c1-3-4-17-32-29(36)27(18-22-9-6-5-7-10-22)33(20-23-13-15-24(30)16-14-23)28(35)21-34(39(2,37)38)26-12-8-11-25(31)19-26/h5-16,19,27H,3-4,17-18,20-21H2,1-2H3,(H,32,36). The summed E-state index contributed by atoms with van der Waals surface area (Å²) in [5.74, 6) is -0.829. The third-order valence-corrected chi connectivity index (χ3v) is 7.77. The Morgan fingerprint density at radius 3 is 2.21 bits per heavy atom. The summed E-state index contributed by atoms with van der Waals surface area (Å²) >= 11 is 12.2. The first-order chi connectivity index (χ1) is 18.6. The fraction of sp³-hybridized carbons (Fsp3) is 0.310. The van der Waals surface area contributed by atoms with Crippen molar-refractivity contribution in [2.75, 3.05) is 23.7 Å². The summed E-state index contributed by atoms with van der Waals surface area (Å²) in [5.41, 5.74) is 1.88. The molecule has 0 radical (unpaired) electrons. The first kappa shape index (κ1) is 30.5. The topological polar surface area (TPSA) is 86.8 Å².